The highest BCUT2D eigenvalue weighted by atomic mass is 127. The van der Waals surface area contributed by atoms with Gasteiger partial charge < -0.3 is 15.0 Å². The molecule has 1 N–H and O–H groups in total. The molecule has 1 aliphatic rings. The van der Waals surface area contributed by atoms with Crippen LogP contribution in [-0.4, -0.2) is 50.8 Å². The Kier molecular flexibility index (Phi) is 8.47. The summed E-state index contributed by atoms with van der Waals surface area (Å²) in [5.74, 6) is 0.951. The van der Waals surface area contributed by atoms with Crippen molar-refractivity contribution in [2.45, 2.75) is 25.4 Å². The predicted molar refractivity (Wildman–Crippen MR) is 96.4 cm³/mol. The third kappa shape index (κ3) is 5.57. The molecule has 0 radical (unpaired) electrons. The molecule has 6 heteroatoms. The van der Waals surface area contributed by atoms with Crippen molar-refractivity contribution in [3.05, 3.63) is 22.4 Å². The minimum absolute atomic E-state index is 0. The molecule has 1 aromatic rings. The van der Waals surface area contributed by atoms with Crippen LogP contribution in [0.5, 0.6) is 0 Å². The maximum atomic E-state index is 5.61. The predicted octanol–water partition coefficient (Wildman–Crippen LogP) is 2.59. The van der Waals surface area contributed by atoms with Crippen molar-refractivity contribution in [2.75, 3.05) is 33.8 Å². The van der Waals surface area contributed by atoms with Gasteiger partial charge in [-0.1, -0.05) is 6.07 Å². The number of aliphatic imine (C=N–C) groups is 1. The van der Waals surface area contributed by atoms with Crippen LogP contribution < -0.4 is 5.32 Å². The van der Waals surface area contributed by atoms with E-state index < -0.39 is 0 Å². The fourth-order valence-electron chi connectivity index (χ4n) is 2.23. The molecule has 1 aliphatic heterocycles. The molecule has 0 amide bonds. The minimum atomic E-state index is 0. The number of ether oxygens (including phenoxy) is 1. The lowest BCUT2D eigenvalue weighted by Gasteiger charge is -2.23. The summed E-state index contributed by atoms with van der Waals surface area (Å²) < 4.78 is 5.61. The van der Waals surface area contributed by atoms with Gasteiger partial charge in [0.2, 0.25) is 0 Å². The van der Waals surface area contributed by atoms with E-state index in [4.69, 9.17) is 4.74 Å². The van der Waals surface area contributed by atoms with E-state index in [1.807, 2.05) is 18.4 Å². The van der Waals surface area contributed by atoms with Gasteiger partial charge in [-0.25, -0.2) is 0 Å². The third-order valence-electron chi connectivity index (χ3n) is 3.36. The van der Waals surface area contributed by atoms with Crippen LogP contribution in [0, 0.1) is 0 Å². The van der Waals surface area contributed by atoms with E-state index >= 15 is 0 Å². The van der Waals surface area contributed by atoms with Crippen molar-refractivity contribution in [1.29, 1.82) is 0 Å². The Labute approximate surface area is 142 Å². The van der Waals surface area contributed by atoms with Crippen molar-refractivity contribution in [3.63, 3.8) is 0 Å². The first-order valence-electron chi connectivity index (χ1n) is 6.85. The number of guanidine groups is 1. The van der Waals surface area contributed by atoms with Gasteiger partial charge in [0.05, 0.1) is 6.10 Å². The first-order valence-corrected chi connectivity index (χ1v) is 7.73. The molecule has 2 heterocycles. The maximum Gasteiger partial charge on any atom is 0.193 e. The average Bonchev–Trinajstić information content (AvgIpc) is 3.10. The van der Waals surface area contributed by atoms with Gasteiger partial charge in [-0.05, 0) is 30.7 Å². The fraction of sp³-hybridized carbons (Fsp3) is 0.643. The van der Waals surface area contributed by atoms with Crippen LogP contribution in [0.2, 0.25) is 0 Å². The van der Waals surface area contributed by atoms with Gasteiger partial charge in [0, 0.05) is 38.7 Å². The summed E-state index contributed by atoms with van der Waals surface area (Å²) in [4.78, 5) is 7.92. The van der Waals surface area contributed by atoms with Crippen LogP contribution >= 0.6 is 35.3 Å². The Morgan fingerprint density at radius 1 is 1.60 bits per heavy atom. The highest BCUT2D eigenvalue weighted by Crippen LogP contribution is 2.11. The number of halogens is 1. The zero-order valence-electron chi connectivity index (χ0n) is 12.2. The molecule has 1 saturated heterocycles. The second-order valence-corrected chi connectivity index (χ2v) is 5.85. The van der Waals surface area contributed by atoms with Crippen LogP contribution in [0.15, 0.2) is 22.5 Å². The van der Waals surface area contributed by atoms with Gasteiger partial charge in [-0.2, -0.15) is 0 Å². The second kappa shape index (κ2) is 9.57. The molecular weight excluding hydrogens is 385 g/mol. The van der Waals surface area contributed by atoms with Crippen LogP contribution in [0.4, 0.5) is 0 Å². The number of likely N-dealkylation sites (N-methyl/N-ethyl adjacent to an activating group) is 1. The van der Waals surface area contributed by atoms with E-state index in [1.54, 1.807) is 0 Å². The molecule has 1 atom stereocenters. The highest BCUT2D eigenvalue weighted by molar-refractivity contribution is 14.0. The average molecular weight is 409 g/mol. The van der Waals surface area contributed by atoms with Crippen LogP contribution in [-0.2, 0) is 11.2 Å². The van der Waals surface area contributed by atoms with Crippen molar-refractivity contribution in [3.8, 4) is 0 Å². The van der Waals surface area contributed by atoms with E-state index in [9.17, 15) is 0 Å². The van der Waals surface area contributed by atoms with Crippen molar-refractivity contribution < 1.29 is 4.74 Å². The molecule has 1 fully saturated rings. The summed E-state index contributed by atoms with van der Waals surface area (Å²) in [7, 11) is 3.91. The summed E-state index contributed by atoms with van der Waals surface area (Å²) >= 11 is 1.81. The van der Waals surface area contributed by atoms with E-state index in [0.717, 1.165) is 38.5 Å². The van der Waals surface area contributed by atoms with Gasteiger partial charge in [0.15, 0.2) is 5.96 Å². The number of thiophene rings is 1. The third-order valence-corrected chi connectivity index (χ3v) is 4.30. The Bertz CT molecular complexity index is 391. The Balaban J connectivity index is 0.00000200. The van der Waals surface area contributed by atoms with E-state index in [2.05, 4.69) is 39.8 Å². The normalized spacial score (nSPS) is 18.7. The highest BCUT2D eigenvalue weighted by Gasteiger charge is 2.16. The lowest BCUT2D eigenvalue weighted by atomic mass is 10.2. The Hall–Kier alpha value is -0.340. The van der Waals surface area contributed by atoms with Crippen LogP contribution in [0.3, 0.4) is 0 Å². The monoisotopic (exact) mass is 409 g/mol. The number of rotatable bonds is 5. The van der Waals surface area contributed by atoms with Gasteiger partial charge in [0.1, 0.15) is 0 Å². The van der Waals surface area contributed by atoms with Gasteiger partial charge >= 0.3 is 0 Å². The standard InChI is InChI=1S/C14H23N3OS.HI/c1-15-14(16-11-12-5-3-9-18-12)17(2)8-7-13-6-4-10-19-13;/h4,6,10,12H,3,5,7-9,11H2,1-2H3,(H,15,16);1H. The summed E-state index contributed by atoms with van der Waals surface area (Å²) in [6.45, 7) is 2.74. The van der Waals surface area contributed by atoms with Crippen molar-refractivity contribution >= 4 is 41.3 Å². The molecular formula is C14H24IN3OS. The largest absolute Gasteiger partial charge is 0.376 e. The molecule has 20 heavy (non-hydrogen) atoms. The molecule has 1 unspecified atom stereocenters. The molecule has 4 nitrogen and oxygen atoms in total. The summed E-state index contributed by atoms with van der Waals surface area (Å²) in [5, 5.41) is 5.52. The number of hydrogen-bond donors (Lipinski definition) is 1. The van der Waals surface area contributed by atoms with Gasteiger partial charge in [0.25, 0.3) is 0 Å². The van der Waals surface area contributed by atoms with Crippen LogP contribution in [0.1, 0.15) is 17.7 Å². The summed E-state index contributed by atoms with van der Waals surface area (Å²) in [5.41, 5.74) is 0. The SMILES string of the molecule is CN=C(NCC1CCCO1)N(C)CCc1cccs1.I. The quantitative estimate of drug-likeness (QED) is 0.462. The van der Waals surface area contributed by atoms with Crippen LogP contribution in [0.25, 0.3) is 0 Å². The summed E-state index contributed by atoms with van der Waals surface area (Å²) in [6, 6.07) is 4.28. The molecule has 1 aromatic heterocycles. The maximum absolute atomic E-state index is 5.61. The molecule has 2 rings (SSSR count). The number of nitrogens with zero attached hydrogens (tertiary/aromatic N) is 2. The van der Waals surface area contributed by atoms with Gasteiger partial charge in [-0.15, -0.1) is 35.3 Å². The number of nitrogens with one attached hydrogen (secondary N) is 1. The molecule has 0 bridgehead atoms. The molecule has 114 valence electrons. The molecule has 0 spiro atoms. The van der Waals surface area contributed by atoms with Crippen molar-refractivity contribution in [1.82, 2.24) is 10.2 Å². The first-order chi connectivity index (χ1) is 9.29. The minimum Gasteiger partial charge on any atom is -0.376 e. The lowest BCUT2D eigenvalue weighted by molar-refractivity contribution is 0.113. The molecule has 0 saturated carbocycles. The number of hydrogen-bond acceptors (Lipinski definition) is 3. The zero-order valence-corrected chi connectivity index (χ0v) is 15.3. The Morgan fingerprint density at radius 2 is 2.45 bits per heavy atom. The van der Waals surface area contributed by atoms with Gasteiger partial charge in [-0.3, -0.25) is 4.99 Å². The van der Waals surface area contributed by atoms with E-state index in [1.165, 1.54) is 11.3 Å². The topological polar surface area (TPSA) is 36.9 Å². The van der Waals surface area contributed by atoms with E-state index in [0.29, 0.717) is 6.10 Å². The lowest BCUT2D eigenvalue weighted by Crippen LogP contribution is -2.42. The Morgan fingerprint density at radius 3 is 3.05 bits per heavy atom. The smallest absolute Gasteiger partial charge is 0.193 e. The molecule has 0 aliphatic carbocycles. The zero-order chi connectivity index (χ0) is 13.5. The molecule has 0 aromatic carbocycles. The second-order valence-electron chi connectivity index (χ2n) is 4.81. The first kappa shape index (κ1) is 17.7. The van der Waals surface area contributed by atoms with E-state index in [-0.39, 0.29) is 24.0 Å². The fourth-order valence-corrected chi connectivity index (χ4v) is 2.93. The summed E-state index contributed by atoms with van der Waals surface area (Å²) in [6.07, 6.45) is 3.75. The van der Waals surface area contributed by atoms with Crippen molar-refractivity contribution in [2.24, 2.45) is 4.99 Å².